The Kier molecular flexibility index (Phi) is 5.95. The number of nitriles is 1. The van der Waals surface area contributed by atoms with E-state index < -0.39 is 0 Å². The van der Waals surface area contributed by atoms with Gasteiger partial charge >= 0.3 is 0 Å². The maximum atomic E-state index is 11.2. The van der Waals surface area contributed by atoms with Gasteiger partial charge in [0.15, 0.2) is 5.78 Å². The van der Waals surface area contributed by atoms with E-state index in [2.05, 4.69) is 0 Å². The number of allylic oxidation sites excluding steroid dienone is 1. The first-order valence-electron chi connectivity index (χ1n) is 3.46. The van der Waals surface area contributed by atoms with Gasteiger partial charge in [-0.25, -0.2) is 0 Å². The molecule has 0 amide bonds. The number of nitrogens with zero attached hydrogens (tertiary/aromatic N) is 1. The summed E-state index contributed by atoms with van der Waals surface area (Å²) in [7, 11) is 0. The lowest BCUT2D eigenvalue weighted by Gasteiger charge is -2.01. The fraction of sp³-hybridized carbons (Fsp3) is 0.500. The average molecular weight is 201 g/mol. The van der Waals surface area contributed by atoms with Crippen LogP contribution in [0.5, 0.6) is 0 Å². The van der Waals surface area contributed by atoms with Gasteiger partial charge in [0, 0.05) is 6.42 Å². The molecule has 0 aromatic carbocycles. The molecule has 0 saturated carbocycles. The Labute approximate surface area is 81.4 Å². The van der Waals surface area contributed by atoms with Gasteiger partial charge in [-0.3, -0.25) is 4.79 Å². The maximum absolute atomic E-state index is 11.2. The molecule has 0 saturated heterocycles. The molecule has 0 aliphatic heterocycles. The first-order valence-corrected chi connectivity index (χ1v) is 5.91. The zero-order valence-corrected chi connectivity index (χ0v) is 9.01. The van der Waals surface area contributed by atoms with Crippen LogP contribution in [0.15, 0.2) is 9.81 Å². The number of thioether (sulfide) groups is 2. The van der Waals surface area contributed by atoms with Crippen molar-refractivity contribution in [3.63, 3.8) is 0 Å². The average Bonchev–Trinajstić information content (AvgIpc) is 2.12. The van der Waals surface area contributed by atoms with Gasteiger partial charge in [-0.2, -0.15) is 5.26 Å². The number of hydrogen-bond donors (Lipinski definition) is 0. The summed E-state index contributed by atoms with van der Waals surface area (Å²) in [6.45, 7) is 1.76. The van der Waals surface area contributed by atoms with Crippen molar-refractivity contribution in [2.45, 2.75) is 13.3 Å². The highest BCUT2D eigenvalue weighted by atomic mass is 32.2. The highest BCUT2D eigenvalue weighted by molar-refractivity contribution is 8.21. The molecule has 0 N–H and O–H groups in total. The lowest BCUT2D eigenvalue weighted by atomic mass is 10.2. The molecule has 0 radical (unpaired) electrons. The molecular formula is C8H11NOS2. The molecule has 66 valence electrons. The summed E-state index contributed by atoms with van der Waals surface area (Å²) < 4.78 is 0.810. The molecule has 0 rings (SSSR count). The van der Waals surface area contributed by atoms with E-state index in [0.29, 0.717) is 12.0 Å². The van der Waals surface area contributed by atoms with Gasteiger partial charge in [0.2, 0.25) is 0 Å². The van der Waals surface area contributed by atoms with Crippen molar-refractivity contribution in [1.82, 2.24) is 0 Å². The van der Waals surface area contributed by atoms with E-state index in [9.17, 15) is 4.79 Å². The van der Waals surface area contributed by atoms with Crippen molar-refractivity contribution in [2.75, 3.05) is 12.5 Å². The third-order valence-corrected chi connectivity index (χ3v) is 3.44. The highest BCUT2D eigenvalue weighted by Gasteiger charge is 2.11. The molecule has 0 unspecified atom stereocenters. The lowest BCUT2D eigenvalue weighted by molar-refractivity contribution is -0.114. The largest absolute Gasteiger partial charge is 0.293 e. The second kappa shape index (κ2) is 6.15. The summed E-state index contributed by atoms with van der Waals surface area (Å²) in [5.41, 5.74) is 0.303. The van der Waals surface area contributed by atoms with Crippen molar-refractivity contribution < 1.29 is 4.79 Å². The molecule has 0 heterocycles. The minimum atomic E-state index is -0.0730. The number of Topliss-reactive ketones (excluding diaryl/α,β-unsaturated/α-hetero) is 1. The predicted octanol–water partition coefficient (Wildman–Crippen LogP) is 2.43. The van der Waals surface area contributed by atoms with Crippen LogP contribution in [0.3, 0.4) is 0 Å². The molecule has 2 nitrogen and oxygen atoms in total. The van der Waals surface area contributed by atoms with Crippen LogP contribution in [0.1, 0.15) is 13.3 Å². The Morgan fingerprint density at radius 2 is 1.92 bits per heavy atom. The number of rotatable bonds is 4. The van der Waals surface area contributed by atoms with Crippen molar-refractivity contribution in [2.24, 2.45) is 0 Å². The van der Waals surface area contributed by atoms with Crippen molar-refractivity contribution in [3.8, 4) is 6.07 Å². The van der Waals surface area contributed by atoms with Crippen LogP contribution >= 0.6 is 23.5 Å². The van der Waals surface area contributed by atoms with Crippen molar-refractivity contribution >= 4 is 29.3 Å². The quantitative estimate of drug-likeness (QED) is 0.517. The zero-order valence-electron chi connectivity index (χ0n) is 7.38. The van der Waals surface area contributed by atoms with Gasteiger partial charge in [0.1, 0.15) is 11.6 Å². The molecule has 0 aliphatic carbocycles. The van der Waals surface area contributed by atoms with E-state index in [0.717, 1.165) is 4.24 Å². The summed E-state index contributed by atoms with van der Waals surface area (Å²) in [5.74, 6) is -0.0730. The SMILES string of the molecule is CCC(=O)C(C#N)=C(SC)SC. The van der Waals surface area contributed by atoms with Crippen LogP contribution < -0.4 is 0 Å². The molecule has 0 aliphatic rings. The zero-order chi connectivity index (χ0) is 9.56. The van der Waals surface area contributed by atoms with Crippen LogP contribution in [0.25, 0.3) is 0 Å². The van der Waals surface area contributed by atoms with Crippen LogP contribution in [0.2, 0.25) is 0 Å². The second-order valence-corrected chi connectivity index (χ2v) is 3.85. The van der Waals surface area contributed by atoms with E-state index in [4.69, 9.17) is 5.26 Å². The standard InChI is InChI=1S/C8H11NOS2/c1-4-7(10)6(5-9)8(11-2)12-3/h4H2,1-3H3. The molecule has 12 heavy (non-hydrogen) atoms. The molecule has 4 heteroatoms. The summed E-state index contributed by atoms with van der Waals surface area (Å²) in [6, 6.07) is 1.94. The van der Waals surface area contributed by atoms with E-state index in [1.54, 1.807) is 6.92 Å². The van der Waals surface area contributed by atoms with E-state index in [1.807, 2.05) is 18.6 Å². The third kappa shape index (κ3) is 2.92. The second-order valence-electron chi connectivity index (χ2n) is 1.96. The van der Waals surface area contributed by atoms with Crippen LogP contribution in [0.4, 0.5) is 0 Å². The third-order valence-electron chi connectivity index (χ3n) is 1.29. The first kappa shape index (κ1) is 11.6. The Morgan fingerprint density at radius 1 is 1.42 bits per heavy atom. The van der Waals surface area contributed by atoms with Crippen molar-refractivity contribution in [3.05, 3.63) is 9.81 Å². The number of ketones is 1. The Hall–Kier alpha value is -0.400. The fourth-order valence-electron chi connectivity index (χ4n) is 0.686. The summed E-state index contributed by atoms with van der Waals surface area (Å²) in [6.07, 6.45) is 4.13. The van der Waals surface area contributed by atoms with Gasteiger partial charge in [0.05, 0.1) is 4.24 Å². The topological polar surface area (TPSA) is 40.9 Å². The summed E-state index contributed by atoms with van der Waals surface area (Å²) >= 11 is 2.89. The number of carbonyl (C=O) groups excluding carboxylic acids is 1. The van der Waals surface area contributed by atoms with Crippen LogP contribution in [-0.2, 0) is 4.79 Å². The molecule has 0 fully saturated rings. The molecule has 0 spiro atoms. The van der Waals surface area contributed by atoms with E-state index in [1.165, 1.54) is 23.5 Å². The first-order chi connectivity index (χ1) is 5.71. The van der Waals surface area contributed by atoms with Gasteiger partial charge in [0.25, 0.3) is 0 Å². The molecule has 0 aromatic rings. The van der Waals surface area contributed by atoms with E-state index >= 15 is 0 Å². The highest BCUT2D eigenvalue weighted by Crippen LogP contribution is 2.27. The molecular weight excluding hydrogens is 190 g/mol. The van der Waals surface area contributed by atoms with Gasteiger partial charge in [-0.05, 0) is 12.5 Å². The van der Waals surface area contributed by atoms with Crippen LogP contribution in [-0.4, -0.2) is 18.3 Å². The normalized spacial score (nSPS) is 8.83. The summed E-state index contributed by atoms with van der Waals surface area (Å²) in [4.78, 5) is 11.2. The predicted molar refractivity (Wildman–Crippen MR) is 55.0 cm³/mol. The smallest absolute Gasteiger partial charge is 0.174 e. The monoisotopic (exact) mass is 201 g/mol. The Morgan fingerprint density at radius 3 is 2.17 bits per heavy atom. The van der Waals surface area contributed by atoms with E-state index in [-0.39, 0.29) is 5.78 Å². The summed E-state index contributed by atoms with van der Waals surface area (Å²) in [5, 5.41) is 8.70. The maximum Gasteiger partial charge on any atom is 0.174 e. The minimum absolute atomic E-state index is 0.0730. The van der Waals surface area contributed by atoms with Gasteiger partial charge in [-0.1, -0.05) is 6.92 Å². The fourth-order valence-corrected chi connectivity index (χ4v) is 2.08. The number of carbonyl (C=O) groups is 1. The molecule has 0 bridgehead atoms. The minimum Gasteiger partial charge on any atom is -0.293 e. The van der Waals surface area contributed by atoms with Crippen molar-refractivity contribution in [1.29, 1.82) is 5.26 Å². The number of hydrogen-bond acceptors (Lipinski definition) is 4. The lowest BCUT2D eigenvalue weighted by Crippen LogP contribution is -1.99. The molecule has 0 aromatic heterocycles. The molecule has 0 atom stereocenters. The van der Waals surface area contributed by atoms with Gasteiger partial charge in [-0.15, -0.1) is 23.5 Å². The Balaban J connectivity index is 4.85. The van der Waals surface area contributed by atoms with Gasteiger partial charge < -0.3 is 0 Å². The van der Waals surface area contributed by atoms with Crippen LogP contribution in [0, 0.1) is 11.3 Å². The Bertz CT molecular complexity index is 234.